The van der Waals surface area contributed by atoms with E-state index < -0.39 is 24.6 Å². The maximum Gasteiger partial charge on any atom is 0.404 e. The number of nitrogens with one attached hydrogen (secondary N) is 2. The summed E-state index contributed by atoms with van der Waals surface area (Å²) in [5, 5.41) is 16.3. The van der Waals surface area contributed by atoms with E-state index >= 15 is 0 Å². The number of H-pyrrole nitrogens is 1. The highest BCUT2D eigenvalue weighted by atomic mass is 19.1. The first-order valence-electron chi connectivity index (χ1n) is 13.3. The topological polar surface area (TPSA) is 175 Å². The number of primary amides is 1. The number of aliphatic hydroxyl groups is 1. The summed E-state index contributed by atoms with van der Waals surface area (Å²) in [5.74, 6) is -1.15. The second kappa shape index (κ2) is 11.5. The molecule has 1 aliphatic carbocycles. The molecule has 42 heavy (non-hydrogen) atoms. The van der Waals surface area contributed by atoms with Crippen molar-refractivity contribution in [3.63, 3.8) is 0 Å². The van der Waals surface area contributed by atoms with Crippen LogP contribution >= 0.6 is 0 Å². The van der Waals surface area contributed by atoms with Crippen LogP contribution in [0.2, 0.25) is 0 Å². The zero-order chi connectivity index (χ0) is 30.1. The van der Waals surface area contributed by atoms with Gasteiger partial charge in [-0.3, -0.25) is 18.6 Å². The first kappa shape index (κ1) is 28.5. The monoisotopic (exact) mass is 578 g/mol. The molecule has 4 aromatic heterocycles. The number of amides is 2. The van der Waals surface area contributed by atoms with Crippen LogP contribution in [0.4, 0.5) is 14.9 Å². The number of aromatic amines is 1. The number of carbonyl (C=O) groups is 2. The van der Waals surface area contributed by atoms with Gasteiger partial charge in [-0.05, 0) is 30.5 Å². The number of nitrogens with zero attached hydrogens (tertiary/aromatic N) is 5. The summed E-state index contributed by atoms with van der Waals surface area (Å²) in [6.45, 7) is -0.620. The van der Waals surface area contributed by atoms with Crippen molar-refractivity contribution in [3.05, 3.63) is 53.1 Å². The Bertz CT molecular complexity index is 1840. The van der Waals surface area contributed by atoms with Crippen LogP contribution in [0, 0.1) is 5.95 Å². The number of halogens is 1. The van der Waals surface area contributed by atoms with Crippen molar-refractivity contribution in [2.24, 2.45) is 19.8 Å². The van der Waals surface area contributed by atoms with Gasteiger partial charge < -0.3 is 25.9 Å². The molecule has 1 aliphatic rings. The number of rotatable bonds is 5. The first-order chi connectivity index (χ1) is 20.1. The number of carbonyl (C=O) groups excluding carboxylic acids is 2. The average Bonchev–Trinajstić information content (AvgIpc) is 3.75. The molecule has 5 N–H and O–H groups in total. The third-order valence-electron chi connectivity index (χ3n) is 7.42. The van der Waals surface area contributed by atoms with Gasteiger partial charge in [0.2, 0.25) is 11.9 Å². The Morgan fingerprint density at radius 1 is 1.21 bits per heavy atom. The van der Waals surface area contributed by atoms with Crippen molar-refractivity contribution >= 4 is 39.8 Å². The van der Waals surface area contributed by atoms with Gasteiger partial charge in [-0.25, -0.2) is 14.6 Å². The lowest BCUT2D eigenvalue weighted by Crippen LogP contribution is -2.24. The number of methoxy groups -OCH3 is 1. The van der Waals surface area contributed by atoms with Crippen LogP contribution in [0.1, 0.15) is 31.7 Å². The molecule has 0 spiro atoms. The number of hydrogen-bond donors (Lipinski definition) is 4. The van der Waals surface area contributed by atoms with E-state index in [-0.39, 0.29) is 17.3 Å². The van der Waals surface area contributed by atoms with Gasteiger partial charge >= 0.3 is 11.8 Å². The average molecular weight is 579 g/mol. The van der Waals surface area contributed by atoms with Crippen LogP contribution in [0.5, 0.6) is 0 Å². The zero-order valence-corrected chi connectivity index (χ0v) is 23.3. The Kier molecular flexibility index (Phi) is 7.81. The predicted molar refractivity (Wildman–Crippen MR) is 154 cm³/mol. The molecule has 1 aromatic carbocycles. The molecular weight excluding hydrogens is 547 g/mol. The number of nitrogens with two attached hydrogens (primary N) is 1. The first-order valence-corrected chi connectivity index (χ1v) is 13.3. The van der Waals surface area contributed by atoms with Crippen LogP contribution in [0.25, 0.3) is 44.5 Å². The number of aryl methyl sites for hydroxylation is 2. The summed E-state index contributed by atoms with van der Waals surface area (Å²) in [6.07, 6.45) is 6.51. The highest BCUT2D eigenvalue weighted by Crippen LogP contribution is 2.43. The largest absolute Gasteiger partial charge is 0.453 e. The van der Waals surface area contributed by atoms with Crippen LogP contribution in [-0.4, -0.2) is 59.7 Å². The third-order valence-corrected chi connectivity index (χ3v) is 7.42. The van der Waals surface area contributed by atoms with Gasteiger partial charge in [0.15, 0.2) is 0 Å². The van der Waals surface area contributed by atoms with Crippen molar-refractivity contribution in [2.45, 2.75) is 31.7 Å². The maximum absolute atomic E-state index is 15.0. The molecule has 0 radical (unpaired) electrons. The SMILES string of the molecule is COC(N)=O.Cn1cc(-c2[nH]c3ncc4c(c3c2-c2ccc(NC(=O)CO)cc2)n(C2CCCC2)c(=O)n4C)c(F)n1. The molecule has 0 aliphatic heterocycles. The number of hydrogen-bond acceptors (Lipinski definition) is 7. The summed E-state index contributed by atoms with van der Waals surface area (Å²) in [6, 6.07) is 7.14. The Hall–Kier alpha value is -4.98. The lowest BCUT2D eigenvalue weighted by molar-refractivity contribution is -0.118. The summed E-state index contributed by atoms with van der Waals surface area (Å²) >= 11 is 0. The summed E-state index contributed by atoms with van der Waals surface area (Å²) < 4.78 is 23.8. The number of benzene rings is 1. The van der Waals surface area contributed by atoms with Gasteiger partial charge in [0, 0.05) is 37.6 Å². The number of aliphatic hydroxyl groups excluding tert-OH is 1. The molecular formula is C28H31FN8O5. The van der Waals surface area contributed by atoms with Gasteiger partial charge in [0.25, 0.3) is 0 Å². The minimum Gasteiger partial charge on any atom is -0.453 e. The molecule has 0 bridgehead atoms. The molecule has 0 atom stereocenters. The second-order valence-electron chi connectivity index (χ2n) is 10.1. The van der Waals surface area contributed by atoms with Crippen molar-refractivity contribution < 1.29 is 23.8 Å². The van der Waals surface area contributed by atoms with E-state index in [9.17, 15) is 18.8 Å². The van der Waals surface area contributed by atoms with Gasteiger partial charge in [-0.2, -0.15) is 4.39 Å². The van der Waals surface area contributed by atoms with E-state index in [1.807, 2.05) is 16.7 Å². The summed E-state index contributed by atoms with van der Waals surface area (Å²) in [7, 11) is 4.62. The number of imidazole rings is 1. The number of anilines is 1. The minimum atomic E-state index is -0.745. The molecule has 1 fully saturated rings. The van der Waals surface area contributed by atoms with E-state index in [1.165, 1.54) is 11.8 Å². The van der Waals surface area contributed by atoms with Crippen LogP contribution in [0.15, 0.2) is 41.5 Å². The van der Waals surface area contributed by atoms with Gasteiger partial charge in [-0.15, -0.1) is 5.10 Å². The summed E-state index contributed by atoms with van der Waals surface area (Å²) in [4.78, 5) is 42.4. The van der Waals surface area contributed by atoms with Crippen molar-refractivity contribution in [1.29, 1.82) is 0 Å². The zero-order valence-electron chi connectivity index (χ0n) is 23.3. The number of ether oxygens (including phenoxy) is 1. The van der Waals surface area contributed by atoms with Crippen LogP contribution < -0.4 is 16.7 Å². The van der Waals surface area contributed by atoms with E-state index in [1.54, 1.807) is 43.2 Å². The van der Waals surface area contributed by atoms with Gasteiger partial charge in [-0.1, -0.05) is 25.0 Å². The van der Waals surface area contributed by atoms with E-state index in [2.05, 4.69) is 30.9 Å². The van der Waals surface area contributed by atoms with Crippen molar-refractivity contribution in [3.8, 4) is 22.4 Å². The minimum absolute atomic E-state index is 0.0826. The molecule has 0 saturated heterocycles. The molecule has 5 aromatic rings. The second-order valence-corrected chi connectivity index (χ2v) is 10.1. The molecule has 6 rings (SSSR count). The van der Waals surface area contributed by atoms with Crippen LogP contribution in [0.3, 0.4) is 0 Å². The normalized spacial score (nSPS) is 13.4. The van der Waals surface area contributed by atoms with Gasteiger partial charge in [0.05, 0.1) is 41.0 Å². The molecule has 2 amide bonds. The quantitative estimate of drug-likeness (QED) is 0.248. The standard InChI is InChI=1S/C26H26FN7O3.C2H5NO2/c1-32-12-17(24(27)31-32)22-20(14-7-9-15(10-8-14)29-19(36)13-35)21-23-18(11-28-25(21)30-22)33(2)26(37)34(23)16-5-3-4-6-16;1-5-2(3)4/h7-12,16,35H,3-6,13H2,1-2H3,(H,28,30)(H,29,36);1H3,(H2,3,4). The number of pyridine rings is 1. The lowest BCUT2D eigenvalue weighted by atomic mass is 9.99. The van der Waals surface area contributed by atoms with E-state index in [0.29, 0.717) is 28.1 Å². The van der Waals surface area contributed by atoms with Gasteiger partial charge in [0.1, 0.15) is 12.3 Å². The van der Waals surface area contributed by atoms with E-state index in [4.69, 9.17) is 5.11 Å². The highest BCUT2D eigenvalue weighted by Gasteiger charge is 2.28. The number of fused-ring (bicyclic) bond motifs is 3. The van der Waals surface area contributed by atoms with E-state index in [0.717, 1.165) is 42.1 Å². The smallest absolute Gasteiger partial charge is 0.404 e. The molecule has 13 nitrogen and oxygen atoms in total. The van der Waals surface area contributed by atoms with Crippen molar-refractivity contribution in [2.75, 3.05) is 19.0 Å². The third kappa shape index (κ3) is 5.11. The Labute approximate surface area is 238 Å². The fourth-order valence-corrected chi connectivity index (χ4v) is 5.52. The Morgan fingerprint density at radius 3 is 2.45 bits per heavy atom. The van der Waals surface area contributed by atoms with Crippen molar-refractivity contribution in [1.82, 2.24) is 28.9 Å². The maximum atomic E-state index is 15.0. The molecule has 4 heterocycles. The summed E-state index contributed by atoms with van der Waals surface area (Å²) in [5.41, 5.74) is 9.08. The molecule has 0 unspecified atom stereocenters. The number of aromatic nitrogens is 6. The fourth-order valence-electron chi connectivity index (χ4n) is 5.52. The molecule has 14 heteroatoms. The molecule has 220 valence electrons. The fraction of sp³-hybridized carbons (Fsp3) is 0.321. The highest BCUT2D eigenvalue weighted by molar-refractivity contribution is 6.14. The Morgan fingerprint density at radius 2 is 1.88 bits per heavy atom. The predicted octanol–water partition coefficient (Wildman–Crippen LogP) is 3.18. The Balaban J connectivity index is 0.000000652. The molecule has 1 saturated carbocycles. The van der Waals surface area contributed by atoms with Crippen LogP contribution in [-0.2, 0) is 23.6 Å². The lowest BCUT2D eigenvalue weighted by Gasteiger charge is -2.13.